The number of rotatable bonds is 4. The van der Waals surface area contributed by atoms with Crippen LogP contribution in [0.4, 0.5) is 0 Å². The molecule has 1 heterocycles. The summed E-state index contributed by atoms with van der Waals surface area (Å²) in [7, 11) is 0. The third-order valence-corrected chi connectivity index (χ3v) is 3.11. The fourth-order valence-corrected chi connectivity index (χ4v) is 1.98. The van der Waals surface area contributed by atoms with Gasteiger partial charge in [0.15, 0.2) is 5.78 Å². The Labute approximate surface area is 102 Å². The first kappa shape index (κ1) is 12.1. The van der Waals surface area contributed by atoms with E-state index in [0.717, 1.165) is 25.2 Å². The normalized spacial score (nSPS) is 14.3. The van der Waals surface area contributed by atoms with E-state index in [0.29, 0.717) is 6.42 Å². The predicted octanol–water partition coefficient (Wildman–Crippen LogP) is 1.86. The molecule has 0 unspecified atom stereocenters. The van der Waals surface area contributed by atoms with Crippen LogP contribution >= 0.6 is 0 Å². The summed E-state index contributed by atoms with van der Waals surface area (Å²) in [6, 6.07) is 6.16. The summed E-state index contributed by atoms with van der Waals surface area (Å²) in [5.41, 5.74) is 7.48. The zero-order valence-electron chi connectivity index (χ0n) is 10.5. The second-order valence-electron chi connectivity index (χ2n) is 5.19. The SMILES string of the molecule is CC(C)(N)C(=O)CCc1ccc2c(c1)CCO2. The maximum Gasteiger partial charge on any atom is 0.152 e. The van der Waals surface area contributed by atoms with Crippen LogP contribution in [0.3, 0.4) is 0 Å². The van der Waals surface area contributed by atoms with Crippen molar-refractivity contribution in [2.24, 2.45) is 5.73 Å². The molecule has 0 radical (unpaired) electrons. The van der Waals surface area contributed by atoms with E-state index in [2.05, 4.69) is 6.07 Å². The van der Waals surface area contributed by atoms with Gasteiger partial charge in [-0.3, -0.25) is 4.79 Å². The molecule has 2 N–H and O–H groups in total. The Hall–Kier alpha value is -1.35. The number of nitrogens with two attached hydrogens (primary N) is 1. The number of carbonyl (C=O) groups is 1. The van der Waals surface area contributed by atoms with E-state index in [1.165, 1.54) is 11.1 Å². The average molecular weight is 233 g/mol. The standard InChI is InChI=1S/C14H19NO2/c1-14(2,15)13(16)6-4-10-3-5-12-11(9-10)7-8-17-12/h3,5,9H,4,6-8,15H2,1-2H3. The molecule has 0 bridgehead atoms. The monoisotopic (exact) mass is 233 g/mol. The van der Waals surface area contributed by atoms with Crippen molar-refractivity contribution in [1.82, 2.24) is 0 Å². The highest BCUT2D eigenvalue weighted by atomic mass is 16.5. The Morgan fingerprint density at radius 3 is 2.94 bits per heavy atom. The molecule has 1 aliphatic rings. The Morgan fingerprint density at radius 1 is 1.47 bits per heavy atom. The third kappa shape index (κ3) is 2.86. The lowest BCUT2D eigenvalue weighted by molar-refractivity contribution is -0.123. The van der Waals surface area contributed by atoms with E-state index in [1.807, 2.05) is 12.1 Å². The van der Waals surface area contributed by atoms with Crippen molar-refractivity contribution in [2.45, 2.75) is 38.6 Å². The molecular formula is C14H19NO2. The van der Waals surface area contributed by atoms with Crippen LogP contribution < -0.4 is 10.5 Å². The molecule has 0 aromatic heterocycles. The Bertz CT molecular complexity index is 432. The zero-order valence-corrected chi connectivity index (χ0v) is 10.5. The molecule has 0 saturated carbocycles. The summed E-state index contributed by atoms with van der Waals surface area (Å²) in [6.07, 6.45) is 2.23. The molecule has 0 amide bonds. The lowest BCUT2D eigenvalue weighted by Crippen LogP contribution is -2.41. The number of benzene rings is 1. The number of aryl methyl sites for hydroxylation is 1. The van der Waals surface area contributed by atoms with Gasteiger partial charge in [0.25, 0.3) is 0 Å². The molecular weight excluding hydrogens is 214 g/mol. The summed E-state index contributed by atoms with van der Waals surface area (Å²) in [5.74, 6) is 1.09. The highest BCUT2D eigenvalue weighted by Gasteiger charge is 2.21. The number of ether oxygens (including phenoxy) is 1. The van der Waals surface area contributed by atoms with Crippen LogP contribution in [-0.2, 0) is 17.6 Å². The molecule has 2 rings (SSSR count). The Balaban J connectivity index is 1.98. The first-order chi connectivity index (χ1) is 7.97. The summed E-state index contributed by atoms with van der Waals surface area (Å²) in [6.45, 7) is 4.28. The van der Waals surface area contributed by atoms with Crippen molar-refractivity contribution in [2.75, 3.05) is 6.61 Å². The third-order valence-electron chi connectivity index (χ3n) is 3.11. The van der Waals surface area contributed by atoms with Gasteiger partial charge in [-0.15, -0.1) is 0 Å². The van der Waals surface area contributed by atoms with E-state index in [9.17, 15) is 4.79 Å². The van der Waals surface area contributed by atoms with Crippen LogP contribution in [0.25, 0.3) is 0 Å². The van der Waals surface area contributed by atoms with Gasteiger partial charge in [-0.1, -0.05) is 12.1 Å². The largest absolute Gasteiger partial charge is 0.493 e. The van der Waals surface area contributed by atoms with Gasteiger partial charge in [0.2, 0.25) is 0 Å². The summed E-state index contributed by atoms with van der Waals surface area (Å²) < 4.78 is 5.45. The summed E-state index contributed by atoms with van der Waals surface area (Å²) in [4.78, 5) is 11.7. The van der Waals surface area contributed by atoms with E-state index in [1.54, 1.807) is 13.8 Å². The van der Waals surface area contributed by atoms with E-state index in [-0.39, 0.29) is 5.78 Å². The van der Waals surface area contributed by atoms with Gasteiger partial charge in [-0.05, 0) is 37.5 Å². The van der Waals surface area contributed by atoms with Gasteiger partial charge in [-0.25, -0.2) is 0 Å². The molecule has 1 aromatic rings. The van der Waals surface area contributed by atoms with Crippen molar-refractivity contribution in [3.8, 4) is 5.75 Å². The lowest BCUT2D eigenvalue weighted by atomic mass is 9.94. The molecule has 1 aromatic carbocycles. The fraction of sp³-hybridized carbons (Fsp3) is 0.500. The molecule has 3 nitrogen and oxygen atoms in total. The van der Waals surface area contributed by atoms with Crippen LogP contribution in [0.2, 0.25) is 0 Å². The lowest BCUT2D eigenvalue weighted by Gasteiger charge is -2.16. The fourth-order valence-electron chi connectivity index (χ4n) is 1.98. The molecule has 92 valence electrons. The average Bonchev–Trinajstić information content (AvgIpc) is 2.71. The molecule has 0 fully saturated rings. The van der Waals surface area contributed by atoms with Gasteiger partial charge >= 0.3 is 0 Å². The van der Waals surface area contributed by atoms with Crippen LogP contribution in [0.15, 0.2) is 18.2 Å². The number of hydrogen-bond donors (Lipinski definition) is 1. The second-order valence-corrected chi connectivity index (χ2v) is 5.19. The maximum absolute atomic E-state index is 11.7. The molecule has 0 atom stereocenters. The van der Waals surface area contributed by atoms with E-state index in [4.69, 9.17) is 10.5 Å². The van der Waals surface area contributed by atoms with Gasteiger partial charge in [0.05, 0.1) is 12.1 Å². The first-order valence-corrected chi connectivity index (χ1v) is 6.03. The van der Waals surface area contributed by atoms with Crippen LogP contribution in [-0.4, -0.2) is 17.9 Å². The minimum absolute atomic E-state index is 0.106. The topological polar surface area (TPSA) is 52.3 Å². The summed E-state index contributed by atoms with van der Waals surface area (Å²) in [5, 5.41) is 0. The molecule has 0 saturated heterocycles. The first-order valence-electron chi connectivity index (χ1n) is 6.03. The van der Waals surface area contributed by atoms with Crippen LogP contribution in [0.1, 0.15) is 31.4 Å². The molecule has 17 heavy (non-hydrogen) atoms. The minimum atomic E-state index is -0.722. The molecule has 3 heteroatoms. The van der Waals surface area contributed by atoms with Crippen molar-refractivity contribution in [1.29, 1.82) is 0 Å². The Morgan fingerprint density at radius 2 is 2.24 bits per heavy atom. The molecule has 1 aliphatic heterocycles. The van der Waals surface area contributed by atoms with Crippen LogP contribution in [0, 0.1) is 0 Å². The van der Waals surface area contributed by atoms with Crippen molar-refractivity contribution >= 4 is 5.78 Å². The van der Waals surface area contributed by atoms with Gasteiger partial charge < -0.3 is 10.5 Å². The van der Waals surface area contributed by atoms with Crippen molar-refractivity contribution in [3.63, 3.8) is 0 Å². The highest BCUT2D eigenvalue weighted by Crippen LogP contribution is 2.26. The number of hydrogen-bond acceptors (Lipinski definition) is 3. The quantitative estimate of drug-likeness (QED) is 0.863. The number of carbonyl (C=O) groups excluding carboxylic acids is 1. The smallest absolute Gasteiger partial charge is 0.152 e. The van der Waals surface area contributed by atoms with Gasteiger partial charge in [0.1, 0.15) is 5.75 Å². The van der Waals surface area contributed by atoms with Gasteiger partial charge in [0, 0.05) is 12.8 Å². The molecule has 0 spiro atoms. The zero-order chi connectivity index (χ0) is 12.5. The number of ketones is 1. The van der Waals surface area contributed by atoms with E-state index < -0.39 is 5.54 Å². The van der Waals surface area contributed by atoms with E-state index >= 15 is 0 Å². The second kappa shape index (κ2) is 4.49. The van der Waals surface area contributed by atoms with Crippen molar-refractivity contribution < 1.29 is 9.53 Å². The maximum atomic E-state index is 11.7. The summed E-state index contributed by atoms with van der Waals surface area (Å²) >= 11 is 0. The minimum Gasteiger partial charge on any atom is -0.493 e. The van der Waals surface area contributed by atoms with Crippen LogP contribution in [0.5, 0.6) is 5.75 Å². The number of fused-ring (bicyclic) bond motifs is 1. The van der Waals surface area contributed by atoms with Gasteiger partial charge in [-0.2, -0.15) is 0 Å². The highest BCUT2D eigenvalue weighted by molar-refractivity contribution is 5.87. The molecule has 0 aliphatic carbocycles. The number of Topliss-reactive ketones (excluding diaryl/α,β-unsaturated/α-hetero) is 1. The van der Waals surface area contributed by atoms with Crippen molar-refractivity contribution in [3.05, 3.63) is 29.3 Å². The predicted molar refractivity (Wildman–Crippen MR) is 67.2 cm³/mol. The Kier molecular flexibility index (Phi) is 3.20.